The number of carbonyl (C=O) groups is 1. The summed E-state index contributed by atoms with van der Waals surface area (Å²) in [6.45, 7) is 4.95. The number of amides is 1. The van der Waals surface area contributed by atoms with Crippen LogP contribution >= 0.6 is 0 Å². The van der Waals surface area contributed by atoms with E-state index in [-0.39, 0.29) is 11.8 Å². The van der Waals surface area contributed by atoms with Gasteiger partial charge in [0.05, 0.1) is 0 Å². The maximum absolute atomic E-state index is 11.9. The largest absolute Gasteiger partial charge is 0.381 e. The molecule has 2 N–H and O–H groups in total. The van der Waals surface area contributed by atoms with E-state index in [2.05, 4.69) is 48.7 Å². The van der Waals surface area contributed by atoms with Crippen molar-refractivity contribution in [2.24, 2.45) is 5.92 Å². The van der Waals surface area contributed by atoms with Gasteiger partial charge < -0.3 is 10.6 Å². The predicted octanol–water partition coefficient (Wildman–Crippen LogP) is 4.26. The molecule has 1 aliphatic carbocycles. The van der Waals surface area contributed by atoms with Crippen LogP contribution in [-0.2, 0) is 11.3 Å². The zero-order chi connectivity index (χ0) is 15.5. The van der Waals surface area contributed by atoms with E-state index in [4.69, 9.17) is 0 Å². The van der Waals surface area contributed by atoms with Gasteiger partial charge >= 0.3 is 0 Å². The quantitative estimate of drug-likeness (QED) is 0.865. The van der Waals surface area contributed by atoms with E-state index in [0.29, 0.717) is 0 Å². The molecule has 3 heteroatoms. The van der Waals surface area contributed by atoms with Crippen LogP contribution in [0.4, 0.5) is 11.4 Å². The van der Waals surface area contributed by atoms with Crippen molar-refractivity contribution in [3.63, 3.8) is 0 Å². The highest BCUT2D eigenvalue weighted by atomic mass is 16.2. The molecule has 114 valence electrons. The second-order valence-corrected chi connectivity index (χ2v) is 6.14. The van der Waals surface area contributed by atoms with Crippen LogP contribution < -0.4 is 10.6 Å². The number of aryl methyl sites for hydroxylation is 2. The Kier molecular flexibility index (Phi) is 4.14. The van der Waals surface area contributed by atoms with Crippen LogP contribution in [0, 0.1) is 19.8 Å². The Balaban J connectivity index is 1.68. The van der Waals surface area contributed by atoms with Gasteiger partial charge in [-0.05, 0) is 49.9 Å². The van der Waals surface area contributed by atoms with Gasteiger partial charge in [-0.25, -0.2) is 0 Å². The molecule has 0 aliphatic heterocycles. The van der Waals surface area contributed by atoms with Crippen molar-refractivity contribution >= 4 is 17.3 Å². The molecule has 0 radical (unpaired) electrons. The van der Waals surface area contributed by atoms with Crippen molar-refractivity contribution in [2.75, 3.05) is 10.6 Å². The van der Waals surface area contributed by atoms with Crippen LogP contribution in [0.2, 0.25) is 0 Å². The van der Waals surface area contributed by atoms with Crippen LogP contribution in [0.15, 0.2) is 42.5 Å². The van der Waals surface area contributed by atoms with E-state index in [0.717, 1.165) is 30.8 Å². The summed E-state index contributed by atoms with van der Waals surface area (Å²) in [5.41, 5.74) is 5.63. The van der Waals surface area contributed by atoms with Crippen LogP contribution in [0.3, 0.4) is 0 Å². The summed E-state index contributed by atoms with van der Waals surface area (Å²) in [4.78, 5) is 11.9. The highest BCUT2D eigenvalue weighted by Gasteiger charge is 2.29. The summed E-state index contributed by atoms with van der Waals surface area (Å²) in [5.74, 6) is 0.374. The lowest BCUT2D eigenvalue weighted by Gasteiger charge is -2.13. The van der Waals surface area contributed by atoms with Gasteiger partial charge in [0.25, 0.3) is 0 Å². The highest BCUT2D eigenvalue weighted by molar-refractivity contribution is 5.94. The Bertz CT molecular complexity index is 690. The number of nitrogens with one attached hydrogen (secondary N) is 2. The van der Waals surface area contributed by atoms with Gasteiger partial charge in [-0.15, -0.1) is 0 Å². The lowest BCUT2D eigenvalue weighted by Crippen LogP contribution is -2.13. The Morgan fingerprint density at radius 3 is 2.68 bits per heavy atom. The van der Waals surface area contributed by atoms with E-state index < -0.39 is 0 Å². The molecular formula is C19H22N2O. The highest BCUT2D eigenvalue weighted by Crippen LogP contribution is 2.30. The molecule has 1 fully saturated rings. The Morgan fingerprint density at radius 1 is 1.14 bits per heavy atom. The number of anilines is 2. The first kappa shape index (κ1) is 14.6. The minimum atomic E-state index is 0.147. The van der Waals surface area contributed by atoms with Crippen molar-refractivity contribution in [3.05, 3.63) is 59.2 Å². The topological polar surface area (TPSA) is 41.1 Å². The first-order chi connectivity index (χ1) is 10.6. The van der Waals surface area contributed by atoms with Gasteiger partial charge in [0.2, 0.25) is 5.91 Å². The van der Waals surface area contributed by atoms with Crippen molar-refractivity contribution < 1.29 is 4.79 Å². The Labute approximate surface area is 131 Å². The number of rotatable bonds is 5. The molecule has 0 aromatic heterocycles. The van der Waals surface area contributed by atoms with Crippen LogP contribution in [0.25, 0.3) is 0 Å². The summed E-state index contributed by atoms with van der Waals surface area (Å²) < 4.78 is 0. The van der Waals surface area contributed by atoms with Crippen LogP contribution in [-0.4, -0.2) is 5.91 Å². The Morgan fingerprint density at radius 2 is 1.95 bits per heavy atom. The number of benzene rings is 2. The monoisotopic (exact) mass is 294 g/mol. The fourth-order valence-corrected chi connectivity index (χ4v) is 2.50. The third-order valence-electron chi connectivity index (χ3n) is 4.02. The van der Waals surface area contributed by atoms with Crippen molar-refractivity contribution in [2.45, 2.75) is 33.2 Å². The van der Waals surface area contributed by atoms with Crippen LogP contribution in [0.5, 0.6) is 0 Å². The average molecular weight is 294 g/mol. The predicted molar refractivity (Wildman–Crippen MR) is 91.0 cm³/mol. The molecule has 0 spiro atoms. The molecule has 0 unspecified atom stereocenters. The molecule has 0 heterocycles. The second-order valence-electron chi connectivity index (χ2n) is 6.14. The molecule has 3 rings (SSSR count). The van der Waals surface area contributed by atoms with Gasteiger partial charge in [0, 0.05) is 23.8 Å². The van der Waals surface area contributed by atoms with Gasteiger partial charge in [-0.3, -0.25) is 4.79 Å². The molecule has 1 amide bonds. The van der Waals surface area contributed by atoms with E-state index in [9.17, 15) is 4.79 Å². The van der Waals surface area contributed by atoms with Gasteiger partial charge in [0.15, 0.2) is 0 Å². The third kappa shape index (κ3) is 3.67. The molecule has 0 saturated heterocycles. The lowest BCUT2D eigenvalue weighted by atomic mass is 10.1. The normalized spacial score (nSPS) is 13.7. The molecule has 22 heavy (non-hydrogen) atoms. The standard InChI is InChI=1S/C19H22N2O/c1-13-4-3-5-15(10-13)12-20-18-11-17(9-6-14(18)2)21-19(22)16-7-8-16/h3-6,9-11,16,20H,7-8,12H2,1-2H3,(H,21,22). The van der Waals surface area contributed by atoms with E-state index >= 15 is 0 Å². The molecule has 1 saturated carbocycles. The number of carbonyl (C=O) groups excluding carboxylic acids is 1. The van der Waals surface area contributed by atoms with Gasteiger partial charge in [-0.2, -0.15) is 0 Å². The summed E-state index contributed by atoms with van der Waals surface area (Å²) in [6.07, 6.45) is 2.05. The van der Waals surface area contributed by atoms with E-state index in [1.54, 1.807) is 0 Å². The third-order valence-corrected chi connectivity index (χ3v) is 4.02. The minimum Gasteiger partial charge on any atom is -0.381 e. The molecule has 3 nitrogen and oxygen atoms in total. The lowest BCUT2D eigenvalue weighted by molar-refractivity contribution is -0.117. The molecule has 0 atom stereocenters. The first-order valence-corrected chi connectivity index (χ1v) is 7.83. The first-order valence-electron chi connectivity index (χ1n) is 7.83. The maximum Gasteiger partial charge on any atom is 0.227 e. The van der Waals surface area contributed by atoms with Crippen LogP contribution in [0.1, 0.15) is 29.5 Å². The SMILES string of the molecule is Cc1cccc(CNc2cc(NC(=O)C3CC3)ccc2C)c1. The van der Waals surface area contributed by atoms with Gasteiger partial charge in [-0.1, -0.05) is 35.9 Å². The summed E-state index contributed by atoms with van der Waals surface area (Å²) in [6, 6.07) is 14.5. The number of hydrogen-bond acceptors (Lipinski definition) is 2. The minimum absolute atomic E-state index is 0.147. The fourth-order valence-electron chi connectivity index (χ4n) is 2.50. The van der Waals surface area contributed by atoms with Crippen molar-refractivity contribution in [3.8, 4) is 0 Å². The molecular weight excluding hydrogens is 272 g/mol. The van der Waals surface area contributed by atoms with E-state index in [1.165, 1.54) is 16.7 Å². The summed E-state index contributed by atoms with van der Waals surface area (Å²) in [5, 5.41) is 6.46. The maximum atomic E-state index is 11.9. The second kappa shape index (κ2) is 6.22. The smallest absolute Gasteiger partial charge is 0.227 e. The zero-order valence-electron chi connectivity index (χ0n) is 13.1. The average Bonchev–Trinajstić information content (AvgIpc) is 3.32. The zero-order valence-corrected chi connectivity index (χ0v) is 13.1. The molecule has 0 bridgehead atoms. The summed E-state index contributed by atoms with van der Waals surface area (Å²) >= 11 is 0. The Hall–Kier alpha value is -2.29. The summed E-state index contributed by atoms with van der Waals surface area (Å²) in [7, 11) is 0. The van der Waals surface area contributed by atoms with Gasteiger partial charge in [0.1, 0.15) is 0 Å². The fraction of sp³-hybridized carbons (Fsp3) is 0.316. The van der Waals surface area contributed by atoms with Crippen molar-refractivity contribution in [1.82, 2.24) is 0 Å². The number of hydrogen-bond donors (Lipinski definition) is 2. The molecule has 2 aromatic rings. The molecule has 2 aromatic carbocycles. The van der Waals surface area contributed by atoms with E-state index in [1.807, 2.05) is 18.2 Å². The van der Waals surface area contributed by atoms with Crippen molar-refractivity contribution in [1.29, 1.82) is 0 Å². The molecule has 1 aliphatic rings.